The summed E-state index contributed by atoms with van der Waals surface area (Å²) in [5.41, 5.74) is 0.104. The predicted octanol–water partition coefficient (Wildman–Crippen LogP) is 3.51. The molecule has 3 rings (SSSR count). The Morgan fingerprint density at radius 2 is 2.00 bits per heavy atom. The predicted molar refractivity (Wildman–Crippen MR) is 93.7 cm³/mol. The number of aliphatic hydroxyl groups is 1. The van der Waals surface area contributed by atoms with Gasteiger partial charge in [0.1, 0.15) is 23.5 Å². The van der Waals surface area contributed by atoms with E-state index in [1.807, 2.05) is 0 Å². The summed E-state index contributed by atoms with van der Waals surface area (Å²) < 4.78 is 12.3. The number of hydrogen-bond donors (Lipinski definition) is 1. The van der Waals surface area contributed by atoms with Gasteiger partial charge in [-0.3, -0.25) is 13.5 Å². The molecule has 25 heavy (non-hydrogen) atoms. The van der Waals surface area contributed by atoms with Crippen LogP contribution in [0, 0.1) is 0 Å². The number of hydrogen-bond acceptors (Lipinski definition) is 5. The number of ether oxygens (including phenoxy) is 1. The molecule has 0 aliphatic carbocycles. The molecule has 0 saturated carbocycles. The molecule has 1 aliphatic rings. The molecule has 1 N–H and O–H groups in total. The van der Waals surface area contributed by atoms with Crippen LogP contribution >= 0.6 is 16.1 Å². The first kappa shape index (κ1) is 17.7. The molecule has 132 valence electrons. The molecular weight excluding hydrogens is 390 g/mol. The van der Waals surface area contributed by atoms with Crippen LogP contribution in [0.3, 0.4) is 0 Å². The summed E-state index contributed by atoms with van der Waals surface area (Å²) in [6.45, 7) is 4.94. The Kier molecular flexibility index (Phi) is 4.47. The minimum absolute atomic E-state index is 0.112. The van der Waals surface area contributed by atoms with E-state index in [1.165, 1.54) is 17.1 Å². The second-order valence-corrected chi connectivity index (χ2v) is 7.26. The summed E-state index contributed by atoms with van der Waals surface area (Å²) in [6.07, 6.45) is 0.376. The van der Waals surface area contributed by atoms with Crippen molar-refractivity contribution < 1.29 is 23.8 Å². The molecule has 0 spiro atoms. The fourth-order valence-corrected chi connectivity index (χ4v) is 3.48. The maximum absolute atomic E-state index is 12.7. The van der Waals surface area contributed by atoms with Crippen LogP contribution in [0.5, 0.6) is 5.75 Å². The van der Waals surface area contributed by atoms with Crippen molar-refractivity contribution in [2.45, 2.75) is 38.5 Å². The molecule has 6 nitrogen and oxygen atoms in total. The van der Waals surface area contributed by atoms with E-state index in [-0.39, 0.29) is 11.5 Å². The van der Waals surface area contributed by atoms with Gasteiger partial charge in [-0.25, -0.2) is 0 Å². The summed E-state index contributed by atoms with van der Waals surface area (Å²) in [6, 6.07) is 7.39. The lowest BCUT2D eigenvalue weighted by molar-refractivity contribution is -0.0733. The normalized spacial score (nSPS) is 21.2. The number of carbonyl (C=O) groups is 2. The zero-order valence-electron chi connectivity index (χ0n) is 14.0. The van der Waals surface area contributed by atoms with Gasteiger partial charge in [-0.05, 0) is 51.1 Å². The Morgan fingerprint density at radius 3 is 2.60 bits per heavy atom. The van der Waals surface area contributed by atoms with Crippen molar-refractivity contribution in [3.05, 3.63) is 53.5 Å². The molecule has 2 heterocycles. The highest BCUT2D eigenvalue weighted by Crippen LogP contribution is 2.44. The van der Waals surface area contributed by atoms with E-state index in [2.05, 4.69) is 16.1 Å². The van der Waals surface area contributed by atoms with Crippen LogP contribution in [-0.2, 0) is 0 Å². The van der Waals surface area contributed by atoms with E-state index in [9.17, 15) is 14.7 Å². The molecule has 0 fully saturated rings. The molecule has 0 bridgehead atoms. The van der Waals surface area contributed by atoms with Crippen LogP contribution in [-0.4, -0.2) is 32.4 Å². The lowest BCUT2D eigenvalue weighted by atomic mass is 9.85. The molecular formula is C18H18BrNO5. The summed E-state index contributed by atoms with van der Waals surface area (Å²) >= 11 is 3.27. The number of halogens is 1. The highest BCUT2D eigenvalue weighted by Gasteiger charge is 2.47. The molecule has 1 aliphatic heterocycles. The number of Topliss-reactive ketones (excluding diaryl/α,β-unsaturated/α-hetero) is 1. The summed E-state index contributed by atoms with van der Waals surface area (Å²) in [7, 11) is 0. The van der Waals surface area contributed by atoms with Crippen LogP contribution in [0.15, 0.2) is 41.0 Å². The van der Waals surface area contributed by atoms with Crippen molar-refractivity contribution in [3.8, 4) is 5.75 Å². The summed E-state index contributed by atoms with van der Waals surface area (Å²) in [5, 5.41) is 10.8. The van der Waals surface area contributed by atoms with Crippen molar-refractivity contribution >= 4 is 27.8 Å². The van der Waals surface area contributed by atoms with E-state index < -0.39 is 23.7 Å². The van der Waals surface area contributed by atoms with E-state index in [1.54, 1.807) is 44.2 Å². The molecule has 1 amide bonds. The molecule has 0 radical (unpaired) electrons. The lowest BCUT2D eigenvalue weighted by Gasteiger charge is -2.44. The molecule has 7 heteroatoms. The Hall–Kier alpha value is -2.12. The van der Waals surface area contributed by atoms with Gasteiger partial charge in [-0.2, -0.15) is 0 Å². The maximum atomic E-state index is 12.7. The first-order valence-corrected chi connectivity index (χ1v) is 8.48. The smallest absolute Gasteiger partial charge is 0.300 e. The van der Waals surface area contributed by atoms with E-state index in [0.29, 0.717) is 16.9 Å². The topological polar surface area (TPSA) is 80.0 Å². The fourth-order valence-electron chi connectivity index (χ4n) is 2.86. The molecule has 1 aromatic heterocycles. The maximum Gasteiger partial charge on any atom is 0.300 e. The van der Waals surface area contributed by atoms with E-state index >= 15 is 0 Å². The van der Waals surface area contributed by atoms with Gasteiger partial charge < -0.3 is 14.3 Å². The van der Waals surface area contributed by atoms with Gasteiger partial charge in [-0.1, -0.05) is 0 Å². The van der Waals surface area contributed by atoms with Gasteiger partial charge in [0.05, 0.1) is 22.4 Å². The molecule has 2 aromatic rings. The van der Waals surface area contributed by atoms with Crippen molar-refractivity contribution in [2.24, 2.45) is 0 Å². The van der Waals surface area contributed by atoms with Crippen molar-refractivity contribution in [2.75, 3.05) is 0 Å². The highest BCUT2D eigenvalue weighted by molar-refractivity contribution is 9.07. The number of furan rings is 1. The van der Waals surface area contributed by atoms with Crippen molar-refractivity contribution in [1.82, 2.24) is 3.93 Å². The van der Waals surface area contributed by atoms with Gasteiger partial charge in [0.2, 0.25) is 0 Å². The van der Waals surface area contributed by atoms with Gasteiger partial charge in [-0.15, -0.1) is 0 Å². The van der Waals surface area contributed by atoms with Crippen molar-refractivity contribution in [1.29, 1.82) is 0 Å². The van der Waals surface area contributed by atoms with Crippen LogP contribution in [0.25, 0.3) is 0 Å². The monoisotopic (exact) mass is 407 g/mol. The van der Waals surface area contributed by atoms with Gasteiger partial charge in [0.25, 0.3) is 5.91 Å². The summed E-state index contributed by atoms with van der Waals surface area (Å²) in [5.74, 6) is 0.102. The Balaban J connectivity index is 2.09. The van der Waals surface area contributed by atoms with Crippen LogP contribution in [0.1, 0.15) is 53.3 Å². The zero-order valence-corrected chi connectivity index (χ0v) is 15.6. The quantitative estimate of drug-likeness (QED) is 0.621. The zero-order chi connectivity index (χ0) is 18.4. The largest absolute Gasteiger partial charge is 0.485 e. The molecule has 2 atom stereocenters. The Labute approximate surface area is 153 Å². The Morgan fingerprint density at radius 1 is 1.28 bits per heavy atom. The molecule has 1 aromatic carbocycles. The first-order chi connectivity index (χ1) is 11.7. The number of aliphatic hydroxyl groups excluding tert-OH is 1. The van der Waals surface area contributed by atoms with Crippen LogP contribution in [0.2, 0.25) is 0 Å². The minimum Gasteiger partial charge on any atom is -0.485 e. The Bertz CT molecular complexity index is 815. The number of ketones is 1. The van der Waals surface area contributed by atoms with Gasteiger partial charge in [0.15, 0.2) is 11.5 Å². The number of rotatable bonds is 3. The third kappa shape index (κ3) is 3.09. The van der Waals surface area contributed by atoms with Gasteiger partial charge >= 0.3 is 0 Å². The van der Waals surface area contributed by atoms with Crippen molar-refractivity contribution in [3.63, 3.8) is 0 Å². The second-order valence-electron chi connectivity index (χ2n) is 6.50. The number of carbonyl (C=O) groups excluding carboxylic acids is 2. The van der Waals surface area contributed by atoms with Crippen LogP contribution < -0.4 is 4.74 Å². The molecule has 0 unspecified atom stereocenters. The number of benzene rings is 1. The minimum atomic E-state index is -1.03. The third-order valence-electron chi connectivity index (χ3n) is 4.29. The van der Waals surface area contributed by atoms with E-state index in [4.69, 9.17) is 9.15 Å². The number of fused-ring (bicyclic) bond motifs is 1. The van der Waals surface area contributed by atoms with Gasteiger partial charge in [0, 0.05) is 11.1 Å². The highest BCUT2D eigenvalue weighted by atomic mass is 79.9. The standard InChI is InChI=1S/C18H18BrNO5/c1-10(21)11-6-7-13-12(9-11)15(16(22)18(2,3)25-13)20(19)17(23)14-5-4-8-24-14/h4-9,15-16,22H,1-3H3/t15-,16+/m1/s1. The third-order valence-corrected chi connectivity index (χ3v) is 5.05. The van der Waals surface area contributed by atoms with Crippen LogP contribution in [0.4, 0.5) is 0 Å². The first-order valence-electron chi connectivity index (χ1n) is 7.77. The molecule has 0 saturated heterocycles. The average Bonchev–Trinajstić information content (AvgIpc) is 3.08. The number of nitrogens with zero attached hydrogens (tertiary/aromatic N) is 1. The average molecular weight is 408 g/mol. The lowest BCUT2D eigenvalue weighted by Crippen LogP contribution is -2.52. The SMILES string of the molecule is CC(=O)c1ccc2c(c1)[C@@H](N(Br)C(=O)c1ccco1)[C@H](O)C(C)(C)O2. The summed E-state index contributed by atoms with van der Waals surface area (Å²) in [4.78, 5) is 24.4. The van der Waals surface area contributed by atoms with E-state index in [0.717, 1.165) is 0 Å². The fraction of sp³-hybridized carbons (Fsp3) is 0.333. The number of amides is 1. The second kappa shape index (κ2) is 6.31.